The minimum absolute atomic E-state index is 0.0994. The summed E-state index contributed by atoms with van der Waals surface area (Å²) >= 11 is 0. The van der Waals surface area contributed by atoms with Gasteiger partial charge >= 0.3 is 0 Å². The predicted molar refractivity (Wildman–Crippen MR) is 134 cm³/mol. The Balaban J connectivity index is 1.45. The zero-order valence-corrected chi connectivity index (χ0v) is 19.5. The molecule has 2 aromatic rings. The molecule has 0 aromatic heterocycles. The van der Waals surface area contributed by atoms with Gasteiger partial charge in [0.05, 0.1) is 18.5 Å². The molecule has 34 heavy (non-hydrogen) atoms. The van der Waals surface area contributed by atoms with Gasteiger partial charge in [0.25, 0.3) is 0 Å². The maximum absolute atomic E-state index is 6.61. The Morgan fingerprint density at radius 2 is 1.85 bits per heavy atom. The highest BCUT2D eigenvalue weighted by Gasteiger charge is 2.57. The fourth-order valence-corrected chi connectivity index (χ4v) is 6.90. The van der Waals surface area contributed by atoms with Gasteiger partial charge in [-0.1, -0.05) is 42.5 Å². The van der Waals surface area contributed by atoms with Crippen molar-refractivity contribution < 1.29 is 4.74 Å². The monoisotopic (exact) mass is 455 g/mol. The maximum atomic E-state index is 6.61. The molecule has 2 fully saturated rings. The number of rotatable bonds is 3. The summed E-state index contributed by atoms with van der Waals surface area (Å²) in [6, 6.07) is 18.0. The second-order valence-electron chi connectivity index (χ2n) is 10.0. The van der Waals surface area contributed by atoms with E-state index in [1.807, 2.05) is 6.20 Å². The van der Waals surface area contributed by atoms with Crippen molar-refractivity contribution in [3.63, 3.8) is 0 Å². The van der Waals surface area contributed by atoms with Crippen molar-refractivity contribution in [2.45, 2.75) is 56.2 Å². The number of aryl methyl sites for hydroxylation is 1. The van der Waals surface area contributed by atoms with Gasteiger partial charge in [0.1, 0.15) is 18.0 Å². The zero-order valence-electron chi connectivity index (χ0n) is 19.5. The Labute approximate surface area is 201 Å². The molecule has 0 amide bonds. The first-order chi connectivity index (χ1) is 16.9. The Bertz CT molecular complexity index is 1140. The Hall–Kier alpha value is -2.80. The molecule has 6 heteroatoms. The topological polar surface area (TPSA) is 51.8 Å². The van der Waals surface area contributed by atoms with Crippen LogP contribution in [0, 0.1) is 0 Å². The van der Waals surface area contributed by atoms with Crippen LogP contribution in [0.2, 0.25) is 0 Å². The van der Waals surface area contributed by atoms with Crippen LogP contribution in [0.25, 0.3) is 0 Å². The van der Waals surface area contributed by atoms with E-state index in [-0.39, 0.29) is 24.1 Å². The highest BCUT2D eigenvalue weighted by atomic mass is 16.5. The zero-order chi connectivity index (χ0) is 22.5. The van der Waals surface area contributed by atoms with Crippen LogP contribution in [-0.4, -0.2) is 42.7 Å². The van der Waals surface area contributed by atoms with Crippen LogP contribution in [0.3, 0.4) is 0 Å². The Kier molecular flexibility index (Phi) is 4.93. The van der Waals surface area contributed by atoms with Crippen LogP contribution in [0.5, 0.6) is 0 Å². The van der Waals surface area contributed by atoms with Gasteiger partial charge in [-0.2, -0.15) is 0 Å². The normalized spacial score (nSPS) is 32.0. The molecule has 5 aliphatic rings. The van der Waals surface area contributed by atoms with E-state index < -0.39 is 0 Å². The van der Waals surface area contributed by atoms with E-state index in [0.29, 0.717) is 0 Å². The second-order valence-corrected chi connectivity index (χ2v) is 10.0. The molecular weight excluding hydrogens is 422 g/mol. The Morgan fingerprint density at radius 1 is 0.971 bits per heavy atom. The summed E-state index contributed by atoms with van der Waals surface area (Å²) in [5, 5.41) is 11.2. The summed E-state index contributed by atoms with van der Waals surface area (Å²) in [5.74, 6) is 0. The van der Waals surface area contributed by atoms with Gasteiger partial charge in [0.2, 0.25) is 0 Å². The average Bonchev–Trinajstić information content (AvgIpc) is 3.59. The van der Waals surface area contributed by atoms with Crippen molar-refractivity contribution in [3.05, 3.63) is 89.3 Å². The molecule has 3 N–H and O–H groups in total. The van der Waals surface area contributed by atoms with E-state index in [1.165, 1.54) is 28.1 Å². The molecule has 2 aromatic carbocycles. The average molecular weight is 456 g/mol. The van der Waals surface area contributed by atoms with Crippen LogP contribution in [0.4, 0.5) is 5.69 Å². The molecule has 0 bridgehead atoms. The summed E-state index contributed by atoms with van der Waals surface area (Å²) in [7, 11) is 0. The van der Waals surface area contributed by atoms with E-state index in [9.17, 15) is 0 Å². The molecule has 0 saturated carbocycles. The van der Waals surface area contributed by atoms with Crippen molar-refractivity contribution in [1.82, 2.24) is 20.9 Å². The maximum Gasteiger partial charge on any atom is 0.142 e. The molecule has 4 atom stereocenters. The molecule has 176 valence electrons. The summed E-state index contributed by atoms with van der Waals surface area (Å²) in [5.41, 5.74) is 6.64. The minimum atomic E-state index is -0.284. The molecule has 7 rings (SSSR count). The lowest BCUT2D eigenvalue weighted by atomic mass is 9.81. The second kappa shape index (κ2) is 8.15. The summed E-state index contributed by atoms with van der Waals surface area (Å²) < 4.78 is 6.61. The number of ether oxygens (including phenoxy) is 1. The first-order valence-electron chi connectivity index (χ1n) is 12.8. The minimum Gasteiger partial charge on any atom is -0.374 e. The van der Waals surface area contributed by atoms with Gasteiger partial charge in [0, 0.05) is 18.8 Å². The molecule has 0 aliphatic carbocycles. The number of anilines is 1. The van der Waals surface area contributed by atoms with Gasteiger partial charge in [0.15, 0.2) is 0 Å². The lowest BCUT2D eigenvalue weighted by Crippen LogP contribution is -2.70. The SMILES string of the molecule is C1=CNC2NCN(C3(C4CCCO4)CCc4ccccc4N3C3NCCc4ccccc43)C2=C1. The number of dihydropyridines is 1. The number of fused-ring (bicyclic) bond motifs is 3. The molecule has 6 nitrogen and oxygen atoms in total. The summed E-state index contributed by atoms with van der Waals surface area (Å²) in [6.07, 6.45) is 12.2. The van der Waals surface area contributed by atoms with Gasteiger partial charge in [-0.3, -0.25) is 10.6 Å². The molecule has 2 saturated heterocycles. The van der Waals surface area contributed by atoms with Crippen molar-refractivity contribution in [2.24, 2.45) is 0 Å². The summed E-state index contributed by atoms with van der Waals surface area (Å²) in [6.45, 7) is 2.63. The molecular formula is C28H33N5O. The van der Waals surface area contributed by atoms with E-state index in [2.05, 4.69) is 86.4 Å². The predicted octanol–water partition coefficient (Wildman–Crippen LogP) is 3.35. The molecule has 4 unspecified atom stereocenters. The smallest absolute Gasteiger partial charge is 0.142 e. The Morgan fingerprint density at radius 3 is 2.76 bits per heavy atom. The highest BCUT2D eigenvalue weighted by molar-refractivity contribution is 5.61. The number of nitrogens with one attached hydrogen (secondary N) is 3. The lowest BCUT2D eigenvalue weighted by Gasteiger charge is -2.60. The number of hydrogen-bond donors (Lipinski definition) is 3. The molecule has 5 aliphatic heterocycles. The molecule has 0 radical (unpaired) electrons. The van der Waals surface area contributed by atoms with Crippen molar-refractivity contribution in [3.8, 4) is 0 Å². The van der Waals surface area contributed by atoms with Crippen LogP contribution < -0.4 is 20.9 Å². The number of benzene rings is 2. The largest absolute Gasteiger partial charge is 0.374 e. The number of allylic oxidation sites excluding steroid dienone is 2. The van der Waals surface area contributed by atoms with Crippen molar-refractivity contribution in [2.75, 3.05) is 24.7 Å². The lowest BCUT2D eigenvalue weighted by molar-refractivity contribution is -0.0432. The van der Waals surface area contributed by atoms with Gasteiger partial charge in [-0.15, -0.1) is 0 Å². The van der Waals surface area contributed by atoms with Crippen molar-refractivity contribution >= 4 is 5.69 Å². The van der Waals surface area contributed by atoms with Crippen LogP contribution in [0.15, 0.2) is 72.6 Å². The fraction of sp³-hybridized carbons (Fsp3) is 0.429. The fourth-order valence-electron chi connectivity index (χ4n) is 6.90. The first kappa shape index (κ1) is 20.6. The highest BCUT2D eigenvalue weighted by Crippen LogP contribution is 2.50. The van der Waals surface area contributed by atoms with Crippen LogP contribution in [0.1, 0.15) is 42.1 Å². The third-order valence-corrected chi connectivity index (χ3v) is 8.37. The first-order valence-corrected chi connectivity index (χ1v) is 12.8. The van der Waals surface area contributed by atoms with E-state index in [1.54, 1.807) is 0 Å². The van der Waals surface area contributed by atoms with Gasteiger partial charge in [-0.25, -0.2) is 0 Å². The molecule has 0 spiro atoms. The van der Waals surface area contributed by atoms with Crippen LogP contribution >= 0.6 is 0 Å². The van der Waals surface area contributed by atoms with Crippen LogP contribution in [-0.2, 0) is 17.6 Å². The van der Waals surface area contributed by atoms with Crippen molar-refractivity contribution in [1.29, 1.82) is 0 Å². The van der Waals surface area contributed by atoms with E-state index in [4.69, 9.17) is 4.74 Å². The van der Waals surface area contributed by atoms with E-state index in [0.717, 1.165) is 51.9 Å². The molecule has 5 heterocycles. The number of hydrogen-bond acceptors (Lipinski definition) is 6. The number of nitrogens with zero attached hydrogens (tertiary/aromatic N) is 2. The third-order valence-electron chi connectivity index (χ3n) is 8.37. The third kappa shape index (κ3) is 2.98. The van der Waals surface area contributed by atoms with Gasteiger partial charge < -0.3 is 19.9 Å². The summed E-state index contributed by atoms with van der Waals surface area (Å²) in [4.78, 5) is 5.34. The quantitative estimate of drug-likeness (QED) is 0.660. The number of para-hydroxylation sites is 1. The van der Waals surface area contributed by atoms with Gasteiger partial charge in [-0.05, 0) is 73.2 Å². The van der Waals surface area contributed by atoms with E-state index >= 15 is 0 Å². The standard InChI is InChI=1S/C28H33N5O/c1-3-9-22-20(7-1)14-17-30-27(22)33-23-10-4-2-8-21(23)13-15-28(33,25-12-6-18-34-25)32-19-31-26-24(32)11-5-16-29-26/h1-5,7-11,16,25-27,29-31H,6,12-15,17-19H2.